The van der Waals surface area contributed by atoms with Gasteiger partial charge < -0.3 is 14.2 Å². The predicted molar refractivity (Wildman–Crippen MR) is 293 cm³/mol. The van der Waals surface area contributed by atoms with Crippen molar-refractivity contribution in [2.75, 3.05) is 13.2 Å². The molecule has 400 valence electrons. The van der Waals surface area contributed by atoms with Crippen molar-refractivity contribution >= 4 is 17.9 Å². The van der Waals surface area contributed by atoms with E-state index in [0.717, 1.165) is 70.6 Å². The van der Waals surface area contributed by atoms with Crippen molar-refractivity contribution < 1.29 is 28.6 Å². The number of allylic oxidation sites excluding steroid dienone is 4. The van der Waals surface area contributed by atoms with Gasteiger partial charge in [-0.15, -0.1) is 0 Å². The highest BCUT2D eigenvalue weighted by atomic mass is 16.6. The van der Waals surface area contributed by atoms with Crippen LogP contribution in [0, 0.1) is 0 Å². The van der Waals surface area contributed by atoms with E-state index < -0.39 is 6.10 Å². The third kappa shape index (κ3) is 54.8. The van der Waals surface area contributed by atoms with Gasteiger partial charge in [0.05, 0.1) is 0 Å². The van der Waals surface area contributed by atoms with Gasteiger partial charge in [0, 0.05) is 19.3 Å². The fourth-order valence-corrected chi connectivity index (χ4v) is 9.08. The SMILES string of the molecule is CCCCCC/C=C\CCCCCCCC(=O)OCC(COC(=O)CCCCCCCCCCCCCCCCCCCCCCC)OC(=O)CCCCCCC/C=C\CCCCCCCCC. The lowest BCUT2D eigenvalue weighted by Gasteiger charge is -2.18. The molecular formula is C62H116O6. The highest BCUT2D eigenvalue weighted by Crippen LogP contribution is 2.17. The summed E-state index contributed by atoms with van der Waals surface area (Å²) in [5, 5.41) is 0. The van der Waals surface area contributed by atoms with Crippen molar-refractivity contribution in [3.63, 3.8) is 0 Å². The summed E-state index contributed by atoms with van der Waals surface area (Å²) in [5.41, 5.74) is 0. The van der Waals surface area contributed by atoms with Crippen LogP contribution < -0.4 is 0 Å². The van der Waals surface area contributed by atoms with Gasteiger partial charge in [0.25, 0.3) is 0 Å². The Hall–Kier alpha value is -2.11. The molecule has 0 aromatic carbocycles. The molecule has 1 unspecified atom stereocenters. The number of rotatable bonds is 56. The molecule has 0 saturated carbocycles. The monoisotopic (exact) mass is 957 g/mol. The molecule has 0 radical (unpaired) electrons. The van der Waals surface area contributed by atoms with Crippen molar-refractivity contribution in [3.05, 3.63) is 24.3 Å². The van der Waals surface area contributed by atoms with Crippen LogP contribution in [0.4, 0.5) is 0 Å². The van der Waals surface area contributed by atoms with Crippen LogP contribution in [-0.2, 0) is 28.6 Å². The maximum absolute atomic E-state index is 12.9. The molecule has 0 aliphatic rings. The average molecular weight is 958 g/mol. The maximum Gasteiger partial charge on any atom is 0.306 e. The number of hydrogen-bond donors (Lipinski definition) is 0. The lowest BCUT2D eigenvalue weighted by Crippen LogP contribution is -2.30. The largest absolute Gasteiger partial charge is 0.462 e. The van der Waals surface area contributed by atoms with E-state index in [-0.39, 0.29) is 31.1 Å². The molecule has 0 aliphatic heterocycles. The number of hydrogen-bond acceptors (Lipinski definition) is 6. The minimum Gasteiger partial charge on any atom is -0.462 e. The Morgan fingerprint density at radius 3 is 0.750 bits per heavy atom. The molecule has 68 heavy (non-hydrogen) atoms. The molecule has 0 aliphatic carbocycles. The summed E-state index contributed by atoms with van der Waals surface area (Å²) >= 11 is 0. The summed E-state index contributed by atoms with van der Waals surface area (Å²) in [6, 6.07) is 0. The number of carbonyl (C=O) groups is 3. The Morgan fingerprint density at radius 1 is 0.279 bits per heavy atom. The van der Waals surface area contributed by atoms with Crippen molar-refractivity contribution in [2.45, 2.75) is 341 Å². The third-order valence-electron chi connectivity index (χ3n) is 13.7. The van der Waals surface area contributed by atoms with E-state index in [1.54, 1.807) is 0 Å². The predicted octanol–water partition coefficient (Wildman–Crippen LogP) is 20.3. The van der Waals surface area contributed by atoms with E-state index in [9.17, 15) is 14.4 Å². The van der Waals surface area contributed by atoms with E-state index in [4.69, 9.17) is 14.2 Å². The minimum absolute atomic E-state index is 0.0726. The summed E-state index contributed by atoms with van der Waals surface area (Å²) in [6.07, 6.45) is 67.5. The first-order valence-electron chi connectivity index (χ1n) is 30.3. The van der Waals surface area contributed by atoms with E-state index in [0.29, 0.717) is 19.3 Å². The van der Waals surface area contributed by atoms with Gasteiger partial charge >= 0.3 is 17.9 Å². The zero-order chi connectivity index (χ0) is 49.3. The van der Waals surface area contributed by atoms with Gasteiger partial charge in [-0.3, -0.25) is 14.4 Å². The Balaban J connectivity index is 4.29. The summed E-state index contributed by atoms with van der Waals surface area (Å²) in [7, 11) is 0. The molecule has 0 spiro atoms. The first kappa shape index (κ1) is 65.9. The molecule has 1 atom stereocenters. The smallest absolute Gasteiger partial charge is 0.306 e. The number of carbonyl (C=O) groups excluding carboxylic acids is 3. The Bertz CT molecular complexity index is 1100. The fourth-order valence-electron chi connectivity index (χ4n) is 9.08. The van der Waals surface area contributed by atoms with Gasteiger partial charge in [0.2, 0.25) is 0 Å². The van der Waals surface area contributed by atoms with Crippen LogP contribution in [-0.4, -0.2) is 37.2 Å². The van der Waals surface area contributed by atoms with Crippen LogP contribution in [0.1, 0.15) is 335 Å². The third-order valence-corrected chi connectivity index (χ3v) is 13.7. The van der Waals surface area contributed by atoms with Gasteiger partial charge in [-0.25, -0.2) is 0 Å². The molecule has 0 aromatic rings. The standard InChI is InChI=1S/C62H116O6/c1-4-7-10-13-16-19-22-25-27-29-30-31-32-33-35-37-40-43-46-49-52-55-61(64)67-58-59(57-66-60(63)54-51-48-45-42-39-36-24-21-18-15-12-9-6-3)68-62(65)56-53-50-47-44-41-38-34-28-26-23-20-17-14-11-8-5-2/h21,24,28,34,59H,4-20,22-23,25-27,29-33,35-58H2,1-3H3/b24-21-,34-28-. The van der Waals surface area contributed by atoms with Crippen molar-refractivity contribution in [1.29, 1.82) is 0 Å². The second-order valence-corrected chi connectivity index (χ2v) is 20.6. The quantitative estimate of drug-likeness (QED) is 0.0262. The lowest BCUT2D eigenvalue weighted by molar-refractivity contribution is -0.167. The molecule has 0 amide bonds. The van der Waals surface area contributed by atoms with Crippen molar-refractivity contribution in [3.8, 4) is 0 Å². The maximum atomic E-state index is 12.9. The first-order valence-corrected chi connectivity index (χ1v) is 30.3. The molecule has 6 nitrogen and oxygen atoms in total. The van der Waals surface area contributed by atoms with Crippen LogP contribution in [0.3, 0.4) is 0 Å². The lowest BCUT2D eigenvalue weighted by atomic mass is 10.0. The second kappa shape index (κ2) is 57.5. The highest BCUT2D eigenvalue weighted by Gasteiger charge is 2.19. The number of ether oxygens (including phenoxy) is 3. The van der Waals surface area contributed by atoms with Crippen LogP contribution in [0.15, 0.2) is 24.3 Å². The van der Waals surface area contributed by atoms with E-state index >= 15 is 0 Å². The van der Waals surface area contributed by atoms with Crippen LogP contribution in [0.5, 0.6) is 0 Å². The molecule has 6 heteroatoms. The van der Waals surface area contributed by atoms with E-state index in [1.165, 1.54) is 225 Å². The Kier molecular flexibility index (Phi) is 55.7. The van der Waals surface area contributed by atoms with Crippen LogP contribution in [0.2, 0.25) is 0 Å². The number of esters is 3. The van der Waals surface area contributed by atoms with Gasteiger partial charge in [0.1, 0.15) is 13.2 Å². The normalized spacial score (nSPS) is 12.1. The zero-order valence-corrected chi connectivity index (χ0v) is 45.9. The molecular weight excluding hydrogens is 841 g/mol. The summed E-state index contributed by atoms with van der Waals surface area (Å²) in [6.45, 7) is 6.66. The van der Waals surface area contributed by atoms with E-state index in [1.807, 2.05) is 0 Å². The van der Waals surface area contributed by atoms with Gasteiger partial charge in [-0.05, 0) is 70.6 Å². The molecule has 0 aromatic heterocycles. The molecule has 0 rings (SSSR count). The van der Waals surface area contributed by atoms with Crippen molar-refractivity contribution in [2.24, 2.45) is 0 Å². The summed E-state index contributed by atoms with van der Waals surface area (Å²) in [5.74, 6) is -0.869. The molecule has 0 heterocycles. The molecule has 0 bridgehead atoms. The zero-order valence-electron chi connectivity index (χ0n) is 45.9. The highest BCUT2D eigenvalue weighted by molar-refractivity contribution is 5.71. The average Bonchev–Trinajstić information content (AvgIpc) is 3.34. The molecule has 0 saturated heterocycles. The topological polar surface area (TPSA) is 78.9 Å². The summed E-state index contributed by atoms with van der Waals surface area (Å²) in [4.78, 5) is 38.2. The molecule has 0 fully saturated rings. The fraction of sp³-hybridized carbons (Fsp3) is 0.887. The van der Waals surface area contributed by atoms with Gasteiger partial charge in [0.15, 0.2) is 6.10 Å². The van der Waals surface area contributed by atoms with Crippen LogP contribution in [0.25, 0.3) is 0 Å². The molecule has 0 N–H and O–H groups in total. The van der Waals surface area contributed by atoms with Gasteiger partial charge in [-0.2, -0.15) is 0 Å². The first-order chi connectivity index (χ1) is 33.5. The van der Waals surface area contributed by atoms with Gasteiger partial charge in [-0.1, -0.05) is 270 Å². The summed E-state index contributed by atoms with van der Waals surface area (Å²) < 4.78 is 16.9. The minimum atomic E-state index is -0.775. The van der Waals surface area contributed by atoms with Crippen LogP contribution >= 0.6 is 0 Å². The Morgan fingerprint density at radius 2 is 0.485 bits per heavy atom. The number of unbranched alkanes of at least 4 members (excludes halogenated alkanes) is 41. The Labute approximate surface area is 423 Å². The second-order valence-electron chi connectivity index (χ2n) is 20.6. The van der Waals surface area contributed by atoms with Crippen molar-refractivity contribution in [1.82, 2.24) is 0 Å². The van der Waals surface area contributed by atoms with E-state index in [2.05, 4.69) is 45.1 Å².